The fraction of sp³-hybridized carbons (Fsp3) is 0.375. The number of pyridine rings is 1. The van der Waals surface area contributed by atoms with Crippen LogP contribution in [0.4, 0.5) is 8.78 Å². The molecule has 0 aliphatic heterocycles. The molecule has 1 N–H and O–H groups in total. The van der Waals surface area contributed by atoms with Gasteiger partial charge in [-0.1, -0.05) is 0 Å². The van der Waals surface area contributed by atoms with Crippen molar-refractivity contribution in [3.05, 3.63) is 23.5 Å². The summed E-state index contributed by atoms with van der Waals surface area (Å²) in [5, 5.41) is 8.83. The molecule has 72 valence electrons. The average Bonchev–Trinajstić information content (AvgIpc) is 2.16. The molecule has 1 aromatic heterocycles. The van der Waals surface area contributed by atoms with E-state index in [1.165, 1.54) is 19.4 Å². The fourth-order valence-corrected chi connectivity index (χ4v) is 1.03. The molecule has 0 saturated carbocycles. The lowest BCUT2D eigenvalue weighted by Crippen LogP contribution is -2.01. The SMILES string of the molecule is COc1ccnc(C(F)F)c1CO. The van der Waals surface area contributed by atoms with Crippen molar-refractivity contribution in [1.29, 1.82) is 0 Å². The lowest BCUT2D eigenvalue weighted by Gasteiger charge is -2.09. The molecule has 0 radical (unpaired) electrons. The van der Waals surface area contributed by atoms with Gasteiger partial charge in [-0.3, -0.25) is 4.98 Å². The van der Waals surface area contributed by atoms with E-state index in [4.69, 9.17) is 9.84 Å². The van der Waals surface area contributed by atoms with E-state index in [9.17, 15) is 8.78 Å². The zero-order valence-electron chi connectivity index (χ0n) is 7.00. The third-order valence-corrected chi connectivity index (χ3v) is 1.63. The molecular formula is C8H9F2NO2. The second kappa shape index (κ2) is 4.13. The van der Waals surface area contributed by atoms with Gasteiger partial charge < -0.3 is 9.84 Å². The number of ether oxygens (including phenoxy) is 1. The van der Waals surface area contributed by atoms with Gasteiger partial charge in [0.15, 0.2) is 0 Å². The Morgan fingerprint density at radius 3 is 2.77 bits per heavy atom. The first-order valence-electron chi connectivity index (χ1n) is 3.61. The summed E-state index contributed by atoms with van der Waals surface area (Å²) >= 11 is 0. The number of halogens is 2. The monoisotopic (exact) mass is 189 g/mol. The highest BCUT2D eigenvalue weighted by atomic mass is 19.3. The molecule has 5 heteroatoms. The van der Waals surface area contributed by atoms with Crippen molar-refractivity contribution in [1.82, 2.24) is 4.98 Å². The molecule has 1 heterocycles. The van der Waals surface area contributed by atoms with Gasteiger partial charge in [0.2, 0.25) is 0 Å². The van der Waals surface area contributed by atoms with E-state index in [0.29, 0.717) is 0 Å². The molecular weight excluding hydrogens is 180 g/mol. The van der Waals surface area contributed by atoms with Crippen LogP contribution in [-0.2, 0) is 6.61 Å². The molecule has 13 heavy (non-hydrogen) atoms. The summed E-state index contributed by atoms with van der Waals surface area (Å²) in [7, 11) is 1.35. The summed E-state index contributed by atoms with van der Waals surface area (Å²) in [6, 6.07) is 1.43. The highest BCUT2D eigenvalue weighted by Crippen LogP contribution is 2.27. The van der Waals surface area contributed by atoms with E-state index in [0.717, 1.165) is 0 Å². The van der Waals surface area contributed by atoms with Crippen LogP contribution in [0.25, 0.3) is 0 Å². The van der Waals surface area contributed by atoms with Crippen molar-refractivity contribution in [2.24, 2.45) is 0 Å². The van der Waals surface area contributed by atoms with Crippen LogP contribution < -0.4 is 4.74 Å². The Morgan fingerprint density at radius 1 is 1.62 bits per heavy atom. The third kappa shape index (κ3) is 1.92. The van der Waals surface area contributed by atoms with Gasteiger partial charge in [0.25, 0.3) is 6.43 Å². The van der Waals surface area contributed by atoms with E-state index in [1.807, 2.05) is 0 Å². The Bertz CT molecular complexity index is 291. The van der Waals surface area contributed by atoms with Gasteiger partial charge in [-0.05, 0) is 6.07 Å². The zero-order chi connectivity index (χ0) is 9.84. The summed E-state index contributed by atoms with van der Waals surface area (Å²) in [6.45, 7) is -0.503. The van der Waals surface area contributed by atoms with Gasteiger partial charge in [0.05, 0.1) is 13.7 Å². The number of rotatable bonds is 3. The summed E-state index contributed by atoms with van der Waals surface area (Å²) < 4.78 is 29.4. The standard InChI is InChI=1S/C8H9F2NO2/c1-13-6-2-3-11-7(8(9)10)5(6)4-12/h2-3,8,12H,4H2,1H3. The van der Waals surface area contributed by atoms with Crippen LogP contribution in [0.15, 0.2) is 12.3 Å². The first-order chi connectivity index (χ1) is 6.20. The van der Waals surface area contributed by atoms with Crippen LogP contribution in [0, 0.1) is 0 Å². The molecule has 0 fully saturated rings. The average molecular weight is 189 g/mol. The Hall–Kier alpha value is -1.23. The minimum Gasteiger partial charge on any atom is -0.496 e. The van der Waals surface area contributed by atoms with Crippen molar-refractivity contribution < 1.29 is 18.6 Å². The number of methoxy groups -OCH3 is 1. The molecule has 1 rings (SSSR count). The Balaban J connectivity index is 3.19. The minimum atomic E-state index is -2.70. The van der Waals surface area contributed by atoms with E-state index in [2.05, 4.69) is 4.98 Å². The number of aliphatic hydroxyl groups excluding tert-OH is 1. The van der Waals surface area contributed by atoms with Gasteiger partial charge in [-0.2, -0.15) is 0 Å². The number of nitrogens with zero attached hydrogens (tertiary/aromatic N) is 1. The molecule has 0 aromatic carbocycles. The van der Waals surface area contributed by atoms with Crippen LogP contribution in [-0.4, -0.2) is 17.2 Å². The number of alkyl halides is 2. The van der Waals surface area contributed by atoms with Gasteiger partial charge in [-0.15, -0.1) is 0 Å². The van der Waals surface area contributed by atoms with E-state index in [-0.39, 0.29) is 11.3 Å². The van der Waals surface area contributed by atoms with Crippen molar-refractivity contribution in [3.63, 3.8) is 0 Å². The molecule has 0 aliphatic carbocycles. The third-order valence-electron chi connectivity index (χ3n) is 1.63. The Kier molecular flexibility index (Phi) is 3.13. The molecule has 1 aromatic rings. The molecule has 0 amide bonds. The highest BCUT2D eigenvalue weighted by molar-refractivity contribution is 5.35. The molecule has 0 unspecified atom stereocenters. The van der Waals surface area contributed by atoms with Crippen LogP contribution in [0.1, 0.15) is 17.7 Å². The maximum Gasteiger partial charge on any atom is 0.280 e. The maximum absolute atomic E-state index is 12.3. The molecule has 0 spiro atoms. The van der Waals surface area contributed by atoms with Crippen molar-refractivity contribution in [2.45, 2.75) is 13.0 Å². The first kappa shape index (κ1) is 9.85. The fourth-order valence-electron chi connectivity index (χ4n) is 1.03. The number of aliphatic hydroxyl groups is 1. The van der Waals surface area contributed by atoms with Crippen LogP contribution in [0.3, 0.4) is 0 Å². The molecule has 3 nitrogen and oxygen atoms in total. The number of hydrogen-bond acceptors (Lipinski definition) is 3. The largest absolute Gasteiger partial charge is 0.496 e. The predicted octanol–water partition coefficient (Wildman–Crippen LogP) is 1.52. The molecule has 0 aliphatic rings. The molecule has 0 atom stereocenters. The highest BCUT2D eigenvalue weighted by Gasteiger charge is 2.17. The normalized spacial score (nSPS) is 10.5. The summed E-state index contributed by atoms with van der Waals surface area (Å²) in [5.41, 5.74) is -0.387. The quantitative estimate of drug-likeness (QED) is 0.783. The Morgan fingerprint density at radius 2 is 2.31 bits per heavy atom. The molecule has 0 bridgehead atoms. The second-order valence-electron chi connectivity index (χ2n) is 2.34. The Labute approximate surface area is 74.0 Å². The van der Waals surface area contributed by atoms with Crippen molar-refractivity contribution >= 4 is 0 Å². The topological polar surface area (TPSA) is 42.4 Å². The molecule has 0 saturated heterocycles. The van der Waals surface area contributed by atoms with Gasteiger partial charge in [-0.25, -0.2) is 8.78 Å². The van der Waals surface area contributed by atoms with Crippen molar-refractivity contribution in [2.75, 3.05) is 7.11 Å². The van der Waals surface area contributed by atoms with Gasteiger partial charge in [0.1, 0.15) is 11.4 Å². The van der Waals surface area contributed by atoms with E-state index >= 15 is 0 Å². The van der Waals surface area contributed by atoms with Gasteiger partial charge >= 0.3 is 0 Å². The smallest absolute Gasteiger partial charge is 0.280 e. The summed E-state index contributed by atoms with van der Waals surface area (Å²) in [4.78, 5) is 3.47. The van der Waals surface area contributed by atoms with Crippen LogP contribution >= 0.6 is 0 Å². The van der Waals surface area contributed by atoms with Crippen LogP contribution in [0.2, 0.25) is 0 Å². The number of hydrogen-bond donors (Lipinski definition) is 1. The first-order valence-corrected chi connectivity index (χ1v) is 3.61. The lowest BCUT2D eigenvalue weighted by molar-refractivity contribution is 0.140. The maximum atomic E-state index is 12.3. The summed E-state index contributed by atoms with van der Waals surface area (Å²) in [5.74, 6) is 0.229. The van der Waals surface area contributed by atoms with E-state index < -0.39 is 18.7 Å². The minimum absolute atomic E-state index is 0.0417. The summed E-state index contributed by atoms with van der Waals surface area (Å²) in [6.07, 6.45) is -1.48. The predicted molar refractivity (Wildman–Crippen MR) is 41.7 cm³/mol. The zero-order valence-corrected chi connectivity index (χ0v) is 7.00. The number of aromatic nitrogens is 1. The second-order valence-corrected chi connectivity index (χ2v) is 2.34. The lowest BCUT2D eigenvalue weighted by atomic mass is 10.2. The van der Waals surface area contributed by atoms with Crippen LogP contribution in [0.5, 0.6) is 5.75 Å². The van der Waals surface area contributed by atoms with Crippen molar-refractivity contribution in [3.8, 4) is 5.75 Å². The van der Waals surface area contributed by atoms with E-state index in [1.54, 1.807) is 0 Å². The van der Waals surface area contributed by atoms with Gasteiger partial charge in [0, 0.05) is 11.8 Å².